The van der Waals surface area contributed by atoms with Gasteiger partial charge in [-0.05, 0) is 24.3 Å². The van der Waals surface area contributed by atoms with E-state index in [0.29, 0.717) is 13.2 Å². The minimum absolute atomic E-state index is 0.206. The largest absolute Gasteiger partial charge is 0.488 e. The van der Waals surface area contributed by atoms with Crippen molar-refractivity contribution in [3.63, 3.8) is 0 Å². The van der Waals surface area contributed by atoms with Gasteiger partial charge < -0.3 is 15.0 Å². The maximum atomic E-state index is 13.1. The number of ether oxygens (including phenoxy) is 1. The number of para-hydroxylation sites is 1. The summed E-state index contributed by atoms with van der Waals surface area (Å²) < 4.78 is 31.5. The maximum absolute atomic E-state index is 13.1. The van der Waals surface area contributed by atoms with Crippen LogP contribution in [0, 0.1) is 11.6 Å². The molecule has 0 radical (unpaired) electrons. The quantitative estimate of drug-likeness (QED) is 0.811. The second-order valence-electron chi connectivity index (χ2n) is 5.22. The molecule has 0 heterocycles. The summed E-state index contributed by atoms with van der Waals surface area (Å²) in [7, 11) is 1.86. The molecule has 0 aromatic heterocycles. The third-order valence-corrected chi connectivity index (χ3v) is 3.21. The van der Waals surface area contributed by atoms with E-state index >= 15 is 0 Å². The van der Waals surface area contributed by atoms with Crippen molar-refractivity contribution in [3.05, 3.63) is 60.2 Å². The number of carbonyl (C=O) groups is 1. The fraction of sp³-hybridized carbons (Fsp3) is 0.235. The summed E-state index contributed by atoms with van der Waals surface area (Å²) >= 11 is 0. The molecule has 23 heavy (non-hydrogen) atoms. The topological polar surface area (TPSA) is 42.8 Å². The van der Waals surface area contributed by atoms with Crippen molar-refractivity contribution >= 4 is 11.6 Å². The molecule has 1 atom stereocenters. The molecule has 2 aromatic carbocycles. The standard InChI is InChI=1S/C17H18F2N2O2/c1-21(9-10-23-14-5-3-2-4-6-14)12-17(22)20-13-7-8-15(18)16(19)11-13/h2-8,11H,9-10,12H2,1H3,(H,20,22)/p+1. The number of benzene rings is 2. The Morgan fingerprint density at radius 2 is 1.87 bits per heavy atom. The monoisotopic (exact) mass is 321 g/mol. The van der Waals surface area contributed by atoms with Gasteiger partial charge in [-0.1, -0.05) is 18.2 Å². The van der Waals surface area contributed by atoms with E-state index in [9.17, 15) is 13.6 Å². The van der Waals surface area contributed by atoms with Crippen LogP contribution in [0.15, 0.2) is 48.5 Å². The van der Waals surface area contributed by atoms with Gasteiger partial charge >= 0.3 is 0 Å². The minimum atomic E-state index is -0.986. The van der Waals surface area contributed by atoms with Crippen molar-refractivity contribution in [2.24, 2.45) is 0 Å². The number of nitrogens with one attached hydrogen (secondary N) is 2. The molecule has 0 spiro atoms. The lowest BCUT2D eigenvalue weighted by molar-refractivity contribution is -0.871. The third kappa shape index (κ3) is 5.67. The van der Waals surface area contributed by atoms with Crippen LogP contribution in [-0.2, 0) is 4.79 Å². The summed E-state index contributed by atoms with van der Waals surface area (Å²) in [6.07, 6.45) is 0. The Morgan fingerprint density at radius 1 is 1.13 bits per heavy atom. The Balaban J connectivity index is 1.72. The second-order valence-corrected chi connectivity index (χ2v) is 5.22. The van der Waals surface area contributed by atoms with E-state index in [-0.39, 0.29) is 18.1 Å². The van der Waals surface area contributed by atoms with Crippen LogP contribution < -0.4 is 15.0 Å². The van der Waals surface area contributed by atoms with Crippen molar-refractivity contribution in [2.75, 3.05) is 32.1 Å². The fourth-order valence-electron chi connectivity index (χ4n) is 2.00. The number of rotatable bonds is 7. The first-order chi connectivity index (χ1) is 11.0. The molecule has 0 aliphatic heterocycles. The zero-order chi connectivity index (χ0) is 16.7. The van der Waals surface area contributed by atoms with Crippen molar-refractivity contribution in [1.29, 1.82) is 0 Å². The van der Waals surface area contributed by atoms with E-state index < -0.39 is 11.6 Å². The Labute approximate surface area is 133 Å². The maximum Gasteiger partial charge on any atom is 0.279 e. The predicted molar refractivity (Wildman–Crippen MR) is 83.5 cm³/mol. The van der Waals surface area contributed by atoms with Crippen molar-refractivity contribution in [1.82, 2.24) is 0 Å². The molecule has 2 rings (SSSR count). The van der Waals surface area contributed by atoms with Crippen LogP contribution in [0.5, 0.6) is 5.75 Å². The molecule has 1 amide bonds. The molecule has 2 aromatic rings. The Hall–Kier alpha value is -2.47. The SMILES string of the molecule is C[NH+](CCOc1ccccc1)CC(=O)Nc1ccc(F)c(F)c1. The van der Waals surface area contributed by atoms with Crippen LogP contribution in [-0.4, -0.2) is 32.7 Å². The van der Waals surface area contributed by atoms with Gasteiger partial charge in [0.2, 0.25) is 0 Å². The van der Waals surface area contributed by atoms with Gasteiger partial charge in [0.1, 0.15) is 18.9 Å². The van der Waals surface area contributed by atoms with Gasteiger partial charge in [0.05, 0.1) is 7.05 Å². The molecule has 0 saturated carbocycles. The van der Waals surface area contributed by atoms with Gasteiger partial charge in [0.15, 0.2) is 18.2 Å². The van der Waals surface area contributed by atoms with Crippen LogP contribution in [0.25, 0.3) is 0 Å². The lowest BCUT2D eigenvalue weighted by Gasteiger charge is -2.14. The average molecular weight is 321 g/mol. The zero-order valence-electron chi connectivity index (χ0n) is 12.8. The second kappa shape index (κ2) is 8.24. The van der Waals surface area contributed by atoms with Crippen LogP contribution >= 0.6 is 0 Å². The molecule has 6 heteroatoms. The molecule has 0 saturated heterocycles. The van der Waals surface area contributed by atoms with Crippen LogP contribution in [0.2, 0.25) is 0 Å². The highest BCUT2D eigenvalue weighted by atomic mass is 19.2. The first kappa shape index (κ1) is 16.9. The molecular formula is C17H19F2N2O2+. The molecule has 2 N–H and O–H groups in total. The summed E-state index contributed by atoms with van der Waals surface area (Å²) in [5, 5.41) is 2.54. The predicted octanol–water partition coefficient (Wildman–Crippen LogP) is 1.50. The summed E-state index contributed by atoms with van der Waals surface area (Å²) in [6.45, 7) is 1.32. The molecule has 0 fully saturated rings. The van der Waals surface area contributed by atoms with E-state index in [1.54, 1.807) is 0 Å². The van der Waals surface area contributed by atoms with Gasteiger partial charge in [0, 0.05) is 11.8 Å². The summed E-state index contributed by atoms with van der Waals surface area (Å²) in [5.41, 5.74) is 0.238. The van der Waals surface area contributed by atoms with Crippen molar-refractivity contribution < 1.29 is 23.2 Å². The van der Waals surface area contributed by atoms with Gasteiger partial charge in [-0.25, -0.2) is 8.78 Å². The van der Waals surface area contributed by atoms with E-state index in [1.165, 1.54) is 6.07 Å². The third-order valence-electron chi connectivity index (χ3n) is 3.21. The Bertz CT molecular complexity index is 650. The van der Waals surface area contributed by atoms with Crippen LogP contribution in [0.3, 0.4) is 0 Å². The Morgan fingerprint density at radius 3 is 2.57 bits per heavy atom. The lowest BCUT2D eigenvalue weighted by Crippen LogP contribution is -3.10. The van der Waals surface area contributed by atoms with Gasteiger partial charge in [-0.15, -0.1) is 0 Å². The summed E-state index contributed by atoms with van der Waals surface area (Å²) in [6, 6.07) is 12.7. The van der Waals surface area contributed by atoms with Gasteiger partial charge in [-0.2, -0.15) is 0 Å². The van der Waals surface area contributed by atoms with Gasteiger partial charge in [-0.3, -0.25) is 4.79 Å². The van der Waals surface area contributed by atoms with E-state index in [0.717, 1.165) is 22.8 Å². The van der Waals surface area contributed by atoms with E-state index in [2.05, 4.69) is 5.32 Å². The summed E-state index contributed by atoms with van der Waals surface area (Å²) in [4.78, 5) is 12.8. The highest BCUT2D eigenvalue weighted by molar-refractivity contribution is 5.91. The lowest BCUT2D eigenvalue weighted by atomic mass is 10.3. The molecule has 4 nitrogen and oxygen atoms in total. The minimum Gasteiger partial charge on any atom is -0.488 e. The molecule has 0 bridgehead atoms. The normalized spacial score (nSPS) is 11.8. The molecular weight excluding hydrogens is 302 g/mol. The average Bonchev–Trinajstić information content (AvgIpc) is 2.52. The number of anilines is 1. The van der Waals surface area contributed by atoms with E-state index in [1.807, 2.05) is 37.4 Å². The molecule has 122 valence electrons. The molecule has 1 unspecified atom stereocenters. The first-order valence-corrected chi connectivity index (χ1v) is 7.28. The van der Waals surface area contributed by atoms with Crippen LogP contribution in [0.4, 0.5) is 14.5 Å². The zero-order valence-corrected chi connectivity index (χ0v) is 12.8. The molecule has 0 aliphatic rings. The highest BCUT2D eigenvalue weighted by Crippen LogP contribution is 2.12. The molecule has 0 aliphatic carbocycles. The van der Waals surface area contributed by atoms with E-state index in [4.69, 9.17) is 4.74 Å². The van der Waals surface area contributed by atoms with Crippen LogP contribution in [0.1, 0.15) is 0 Å². The van der Waals surface area contributed by atoms with Crippen molar-refractivity contribution in [3.8, 4) is 5.75 Å². The number of halogens is 2. The summed E-state index contributed by atoms with van der Waals surface area (Å²) in [5.74, 6) is -1.41. The number of quaternary nitrogens is 1. The number of amides is 1. The van der Waals surface area contributed by atoms with Gasteiger partial charge in [0.25, 0.3) is 5.91 Å². The number of likely N-dealkylation sites (N-methyl/N-ethyl adjacent to an activating group) is 1. The number of carbonyl (C=O) groups excluding carboxylic acids is 1. The highest BCUT2D eigenvalue weighted by Gasteiger charge is 2.11. The smallest absolute Gasteiger partial charge is 0.279 e. The first-order valence-electron chi connectivity index (χ1n) is 7.28. The Kier molecular flexibility index (Phi) is 6.05. The van der Waals surface area contributed by atoms with Crippen molar-refractivity contribution in [2.45, 2.75) is 0 Å². The fourth-order valence-corrected chi connectivity index (χ4v) is 2.00. The number of hydrogen-bond donors (Lipinski definition) is 2. The number of hydrogen-bond acceptors (Lipinski definition) is 2.